The molecule has 0 unspecified atom stereocenters. The van der Waals surface area contributed by atoms with Crippen molar-refractivity contribution in [3.8, 4) is 34.0 Å². The van der Waals surface area contributed by atoms with E-state index in [2.05, 4.69) is 30.6 Å². The summed E-state index contributed by atoms with van der Waals surface area (Å²) in [6.07, 6.45) is 5.31. The summed E-state index contributed by atoms with van der Waals surface area (Å²) in [4.78, 5) is 76.3. The Morgan fingerprint density at radius 3 is 1.92 bits per heavy atom. The molecule has 2 aliphatic heterocycles. The largest absolute Gasteiger partial charge is 0.453 e. The number of methoxy groups -OCH3 is 2. The normalized spacial score (nSPS) is 17.5. The molecule has 310 valence electrons. The number of hydrogen-bond donors (Lipinski definition) is 4. The number of aromatic nitrogens is 5. The Bertz CT molecular complexity index is 2490. The van der Waals surface area contributed by atoms with Crippen LogP contribution in [0.1, 0.15) is 74.9 Å². The quantitative estimate of drug-likeness (QED) is 0.105. The first-order valence-electron chi connectivity index (χ1n) is 20.1. The van der Waals surface area contributed by atoms with E-state index in [1.54, 1.807) is 22.2 Å². The van der Waals surface area contributed by atoms with Crippen molar-refractivity contribution in [3.05, 3.63) is 102 Å². The van der Waals surface area contributed by atoms with Gasteiger partial charge in [0.15, 0.2) is 5.58 Å². The first-order valence-corrected chi connectivity index (χ1v) is 20.1. The lowest BCUT2D eigenvalue weighted by molar-refractivity contribution is -0.135. The number of carbonyl (C=O) groups excluding carboxylic acids is 4. The molecule has 0 radical (unpaired) electrons. The van der Waals surface area contributed by atoms with Crippen molar-refractivity contribution < 1.29 is 33.1 Å². The summed E-state index contributed by atoms with van der Waals surface area (Å²) in [5, 5.41) is 5.39. The van der Waals surface area contributed by atoms with Gasteiger partial charge in [0, 0.05) is 24.2 Å². The van der Waals surface area contributed by atoms with E-state index < -0.39 is 24.3 Å². The fraction of sp³-hybridized carbons (Fsp3) is 0.341. The van der Waals surface area contributed by atoms with Gasteiger partial charge in [0.25, 0.3) is 5.91 Å². The zero-order valence-corrected chi connectivity index (χ0v) is 33.8. The van der Waals surface area contributed by atoms with Crippen molar-refractivity contribution in [1.29, 1.82) is 0 Å². The number of fused-ring (bicyclic) bond motifs is 1. The van der Waals surface area contributed by atoms with Gasteiger partial charge in [-0.25, -0.2) is 24.5 Å². The maximum absolute atomic E-state index is 13.9. The average Bonchev–Trinajstić information content (AvgIpc) is 4.13. The van der Waals surface area contributed by atoms with Crippen LogP contribution in [-0.2, 0) is 19.1 Å². The smallest absolute Gasteiger partial charge is 0.407 e. The minimum Gasteiger partial charge on any atom is -0.453 e. The zero-order valence-electron chi connectivity index (χ0n) is 33.8. The van der Waals surface area contributed by atoms with Gasteiger partial charge in [0.05, 0.1) is 50.1 Å². The SMILES string of the molecule is COC(=O)N[C@H](C(=O)N1CCC[C@H]1c1ncc(-c2ccc3oc(-c4ccc(-c5cnc([C@@H]6CCCN6C(=O)[C@H](NC(=O)OC)c6ccccc6)[nH]5)cc4)nc3c2)[nH]1)C(C)C. The Balaban J connectivity index is 0.951. The molecule has 8 rings (SSSR count). The Morgan fingerprint density at radius 2 is 1.30 bits per heavy atom. The number of rotatable bonds is 11. The summed E-state index contributed by atoms with van der Waals surface area (Å²) in [7, 11) is 2.55. The summed E-state index contributed by atoms with van der Waals surface area (Å²) in [6, 6.07) is 20.6. The summed E-state index contributed by atoms with van der Waals surface area (Å²) in [5.74, 6) is 1.31. The highest BCUT2D eigenvalue weighted by molar-refractivity contribution is 5.88. The van der Waals surface area contributed by atoms with E-state index in [4.69, 9.17) is 18.9 Å². The summed E-state index contributed by atoms with van der Waals surface area (Å²) in [6.45, 7) is 4.88. The van der Waals surface area contributed by atoms with Gasteiger partial charge in [0.1, 0.15) is 29.2 Å². The lowest BCUT2D eigenvalue weighted by atomic mass is 10.0. The molecule has 3 aromatic heterocycles. The second-order valence-electron chi connectivity index (χ2n) is 15.4. The van der Waals surface area contributed by atoms with Crippen LogP contribution in [0.2, 0.25) is 0 Å². The monoisotopic (exact) mass is 813 g/mol. The van der Waals surface area contributed by atoms with Gasteiger partial charge >= 0.3 is 12.2 Å². The molecule has 2 aliphatic rings. The van der Waals surface area contributed by atoms with Crippen LogP contribution in [0.25, 0.3) is 45.1 Å². The second-order valence-corrected chi connectivity index (χ2v) is 15.4. The fourth-order valence-electron chi connectivity index (χ4n) is 8.10. The van der Waals surface area contributed by atoms with Gasteiger partial charge in [-0.3, -0.25) is 9.59 Å². The van der Waals surface area contributed by atoms with Gasteiger partial charge in [-0.05, 0) is 73.1 Å². The number of ether oxygens (including phenoxy) is 2. The molecular formula is C44H47N9O7. The Labute approximate surface area is 346 Å². The van der Waals surface area contributed by atoms with E-state index in [1.807, 2.05) is 86.6 Å². The van der Waals surface area contributed by atoms with Crippen molar-refractivity contribution in [2.75, 3.05) is 27.3 Å². The molecule has 4 atom stereocenters. The van der Waals surface area contributed by atoms with E-state index in [-0.39, 0.29) is 29.8 Å². The van der Waals surface area contributed by atoms with Crippen molar-refractivity contribution >= 4 is 35.1 Å². The molecule has 0 bridgehead atoms. The molecule has 0 spiro atoms. The summed E-state index contributed by atoms with van der Waals surface area (Å²) < 4.78 is 15.8. The highest BCUT2D eigenvalue weighted by Gasteiger charge is 2.39. The van der Waals surface area contributed by atoms with E-state index >= 15 is 0 Å². The van der Waals surface area contributed by atoms with Crippen molar-refractivity contribution in [2.45, 2.75) is 63.7 Å². The fourth-order valence-corrected chi connectivity index (χ4v) is 8.10. The molecule has 0 saturated carbocycles. The lowest BCUT2D eigenvalue weighted by Crippen LogP contribution is -2.51. The van der Waals surface area contributed by atoms with E-state index in [9.17, 15) is 19.2 Å². The Morgan fingerprint density at radius 1 is 0.733 bits per heavy atom. The molecule has 2 fully saturated rings. The number of nitrogens with zero attached hydrogens (tertiary/aromatic N) is 5. The number of nitrogens with one attached hydrogen (secondary N) is 4. The average molecular weight is 814 g/mol. The number of H-pyrrole nitrogens is 2. The molecule has 4 N–H and O–H groups in total. The topological polar surface area (TPSA) is 201 Å². The molecule has 0 aliphatic carbocycles. The molecular weight excluding hydrogens is 767 g/mol. The van der Waals surface area contributed by atoms with Crippen molar-refractivity contribution in [2.24, 2.45) is 5.92 Å². The van der Waals surface area contributed by atoms with Gasteiger partial charge in [-0.15, -0.1) is 0 Å². The Hall–Kier alpha value is -6.97. The number of hydrogen-bond acceptors (Lipinski definition) is 10. The number of carbonyl (C=O) groups is 4. The minimum atomic E-state index is -0.896. The lowest BCUT2D eigenvalue weighted by Gasteiger charge is -2.30. The Kier molecular flexibility index (Phi) is 11.3. The summed E-state index contributed by atoms with van der Waals surface area (Å²) >= 11 is 0. The third kappa shape index (κ3) is 8.04. The van der Waals surface area contributed by atoms with Gasteiger partial charge in [-0.1, -0.05) is 56.3 Å². The van der Waals surface area contributed by atoms with E-state index in [1.165, 1.54) is 14.2 Å². The van der Waals surface area contributed by atoms with Crippen LogP contribution in [-0.4, -0.2) is 92.1 Å². The number of alkyl carbamates (subject to hydrolysis) is 2. The minimum absolute atomic E-state index is 0.125. The number of oxazole rings is 1. The van der Waals surface area contributed by atoms with E-state index in [0.717, 1.165) is 53.8 Å². The maximum atomic E-state index is 13.9. The van der Waals surface area contributed by atoms with Crippen LogP contribution in [0.5, 0.6) is 0 Å². The molecule has 16 heteroatoms. The molecule has 5 heterocycles. The maximum Gasteiger partial charge on any atom is 0.407 e. The molecule has 60 heavy (non-hydrogen) atoms. The second kappa shape index (κ2) is 17.1. The number of amides is 4. The number of aromatic amines is 2. The van der Waals surface area contributed by atoms with Crippen LogP contribution in [0.3, 0.4) is 0 Å². The number of likely N-dealkylation sites (tertiary alicyclic amines) is 2. The van der Waals surface area contributed by atoms with E-state index in [0.29, 0.717) is 47.3 Å². The molecule has 4 amide bonds. The summed E-state index contributed by atoms with van der Waals surface area (Å²) in [5.41, 5.74) is 6.13. The molecule has 16 nitrogen and oxygen atoms in total. The molecule has 3 aromatic carbocycles. The third-order valence-electron chi connectivity index (χ3n) is 11.3. The number of benzene rings is 3. The van der Waals surface area contributed by atoms with Crippen molar-refractivity contribution in [3.63, 3.8) is 0 Å². The highest BCUT2D eigenvalue weighted by atomic mass is 16.5. The molecule has 2 saturated heterocycles. The first kappa shape index (κ1) is 39.8. The number of imidazole rings is 2. The van der Waals surface area contributed by atoms with Crippen molar-refractivity contribution in [1.82, 2.24) is 45.4 Å². The highest BCUT2D eigenvalue weighted by Crippen LogP contribution is 2.36. The van der Waals surface area contributed by atoms with Gasteiger partial charge in [0.2, 0.25) is 11.8 Å². The van der Waals surface area contributed by atoms with Gasteiger partial charge < -0.3 is 44.3 Å². The van der Waals surface area contributed by atoms with Crippen LogP contribution < -0.4 is 10.6 Å². The van der Waals surface area contributed by atoms with Crippen LogP contribution in [0.15, 0.2) is 89.6 Å². The third-order valence-corrected chi connectivity index (χ3v) is 11.3. The van der Waals surface area contributed by atoms with Crippen LogP contribution in [0.4, 0.5) is 9.59 Å². The van der Waals surface area contributed by atoms with Crippen LogP contribution >= 0.6 is 0 Å². The predicted octanol–water partition coefficient (Wildman–Crippen LogP) is 7.08. The predicted molar refractivity (Wildman–Crippen MR) is 221 cm³/mol. The standard InChI is InChI=1S/C44H47N9O7/c1-25(2)36(50-43(56)58-3)41(54)52-20-8-12-33(52)39-46-24-32(48-39)29-18-19-35-30(22-29)49-40(60-35)28-16-14-26(15-17-28)31-23-45-38(47-31)34-13-9-21-53(34)42(55)37(51-44(57)59-4)27-10-6-5-7-11-27/h5-7,10-11,14-19,22-25,33-34,36-37H,8-9,12-13,20-21H2,1-4H3,(H,45,47)(H,46,48)(H,50,56)(H,51,57)/t33-,34-,36-,37+/m0/s1. The molecule has 6 aromatic rings. The first-order chi connectivity index (χ1) is 29.1. The van der Waals surface area contributed by atoms with Gasteiger partial charge in [-0.2, -0.15) is 0 Å². The zero-order chi connectivity index (χ0) is 41.9. The van der Waals surface area contributed by atoms with Crippen LogP contribution in [0, 0.1) is 5.92 Å².